The molecule has 0 heterocycles. The van der Waals surface area contributed by atoms with Crippen molar-refractivity contribution >= 4 is 0 Å². The molecule has 3 rings (SSSR count). The monoisotopic (exact) mass is 487 g/mol. The van der Waals surface area contributed by atoms with Crippen LogP contribution in [0.15, 0.2) is 91.0 Å². The number of hydrogen-bond donors (Lipinski definition) is 0. The quantitative estimate of drug-likeness (QED) is 0.296. The highest BCUT2D eigenvalue weighted by molar-refractivity contribution is 5.13. The van der Waals surface area contributed by atoms with Crippen LogP contribution in [0.4, 0.5) is 0 Å². The molecule has 0 unspecified atom stereocenters. The zero-order valence-electron chi connectivity index (χ0n) is 24.6. The Morgan fingerprint density at radius 2 is 0.457 bits per heavy atom. The lowest BCUT2D eigenvalue weighted by molar-refractivity contribution is 1.09. The van der Waals surface area contributed by atoms with Crippen LogP contribution in [0.25, 0.3) is 0 Å². The van der Waals surface area contributed by atoms with Gasteiger partial charge in [0, 0.05) is 0 Å². The molecule has 0 fully saturated rings. The number of rotatable bonds is 0. The fraction of sp³-hybridized carbons (Fsp3) is 0.486. The van der Waals surface area contributed by atoms with Gasteiger partial charge in [0.25, 0.3) is 0 Å². The molecular weight excluding hydrogens is 420 g/mol. The summed E-state index contributed by atoms with van der Waals surface area (Å²) in [5.74, 6) is 0. The lowest BCUT2D eigenvalue weighted by atomic mass is 10.2. The van der Waals surface area contributed by atoms with Gasteiger partial charge in [-0.25, -0.2) is 0 Å². The molecule has 0 saturated heterocycles. The van der Waals surface area contributed by atoms with Gasteiger partial charge in [0.1, 0.15) is 0 Å². The minimum absolute atomic E-state index is 0. The summed E-state index contributed by atoms with van der Waals surface area (Å²) in [6.45, 7) is 26.7. The van der Waals surface area contributed by atoms with E-state index in [4.69, 9.17) is 0 Å². The summed E-state index contributed by atoms with van der Waals surface area (Å²) in [4.78, 5) is 0. The maximum Gasteiger partial charge on any atom is -0.0398 e. The average Bonchev–Trinajstić information content (AvgIpc) is 2.86. The Hall–Kier alpha value is -2.34. The molecule has 0 bridgehead atoms. The highest BCUT2D eigenvalue weighted by Crippen LogP contribution is 1.93. The number of hydrogen-bond acceptors (Lipinski definition) is 0. The second kappa shape index (κ2) is 53.2. The topological polar surface area (TPSA) is 0 Å². The van der Waals surface area contributed by atoms with E-state index in [1.807, 2.05) is 96.1 Å². The zero-order valence-corrected chi connectivity index (χ0v) is 24.6. The van der Waals surface area contributed by atoms with Crippen LogP contribution < -0.4 is 0 Å². The Bertz CT molecular complexity index is 506. The second-order valence-corrected chi connectivity index (χ2v) is 6.38. The van der Waals surface area contributed by atoms with Gasteiger partial charge < -0.3 is 0 Å². The van der Waals surface area contributed by atoms with Crippen molar-refractivity contribution in [1.29, 1.82) is 0 Å². The molecule has 0 heteroatoms. The van der Waals surface area contributed by atoms with Gasteiger partial charge in [-0.15, -0.1) is 0 Å². The SMILES string of the molecule is C.C.CC.CC.CC.CCC.CCC.Cc1ccccc1.Cc1ccccc1.Cc1ccccc1. The van der Waals surface area contributed by atoms with E-state index in [0.29, 0.717) is 0 Å². The van der Waals surface area contributed by atoms with E-state index in [1.165, 1.54) is 29.5 Å². The molecule has 0 amide bonds. The molecule has 3 aromatic rings. The van der Waals surface area contributed by atoms with Crippen LogP contribution in [0.3, 0.4) is 0 Å². The van der Waals surface area contributed by atoms with E-state index < -0.39 is 0 Å². The maximum atomic E-state index is 2.12. The predicted octanol–water partition coefficient (Wildman–Crippen LogP) is 13.2. The molecular formula is C35H66. The molecule has 0 aliphatic heterocycles. The van der Waals surface area contributed by atoms with Gasteiger partial charge in [0.05, 0.1) is 0 Å². The summed E-state index contributed by atoms with van der Waals surface area (Å²) >= 11 is 0. The van der Waals surface area contributed by atoms with Crippen molar-refractivity contribution < 1.29 is 0 Å². The van der Waals surface area contributed by atoms with Crippen LogP contribution in [0.1, 0.15) is 114 Å². The van der Waals surface area contributed by atoms with Crippen LogP contribution in [-0.4, -0.2) is 0 Å². The molecule has 0 radical (unpaired) electrons. The van der Waals surface area contributed by atoms with Crippen molar-refractivity contribution in [1.82, 2.24) is 0 Å². The van der Waals surface area contributed by atoms with Gasteiger partial charge in [0.15, 0.2) is 0 Å². The van der Waals surface area contributed by atoms with E-state index in [0.717, 1.165) is 0 Å². The van der Waals surface area contributed by atoms with Gasteiger partial charge in [-0.3, -0.25) is 0 Å². The predicted molar refractivity (Wildman–Crippen MR) is 173 cm³/mol. The Morgan fingerprint density at radius 3 is 0.514 bits per heavy atom. The first-order valence-corrected chi connectivity index (χ1v) is 13.1. The third-order valence-corrected chi connectivity index (χ3v) is 2.82. The molecule has 0 spiro atoms. The van der Waals surface area contributed by atoms with Gasteiger partial charge in [-0.1, -0.05) is 205 Å². The minimum atomic E-state index is 0. The smallest absolute Gasteiger partial charge is 0.0398 e. The van der Waals surface area contributed by atoms with Crippen molar-refractivity contribution in [2.75, 3.05) is 0 Å². The summed E-state index contributed by atoms with van der Waals surface area (Å²) in [5, 5.41) is 0. The van der Waals surface area contributed by atoms with Gasteiger partial charge in [-0.05, 0) is 20.8 Å². The minimum Gasteiger partial charge on any atom is -0.0776 e. The summed E-state index contributed by atoms with van der Waals surface area (Å²) in [7, 11) is 0. The third-order valence-electron chi connectivity index (χ3n) is 2.82. The van der Waals surface area contributed by atoms with Gasteiger partial charge in [0.2, 0.25) is 0 Å². The molecule has 35 heavy (non-hydrogen) atoms. The van der Waals surface area contributed by atoms with E-state index in [2.05, 4.69) is 84.9 Å². The summed E-state index contributed by atoms with van der Waals surface area (Å²) in [6.07, 6.45) is 2.50. The van der Waals surface area contributed by atoms with Crippen LogP contribution in [0, 0.1) is 20.8 Å². The second-order valence-electron chi connectivity index (χ2n) is 6.38. The fourth-order valence-corrected chi connectivity index (χ4v) is 1.60. The molecule has 0 saturated carbocycles. The Balaban J connectivity index is -0.0000000541. The van der Waals surface area contributed by atoms with E-state index in [1.54, 1.807) is 0 Å². The standard InChI is InChI=1S/3C7H8.2C3H8.3C2H6.2CH4/c3*1-7-5-3-2-4-6-7;2*1-3-2;3*1-2;;/h3*2-6H,1H3;2*3H2,1-2H3;3*1-2H3;2*1H4. The van der Waals surface area contributed by atoms with Crippen LogP contribution in [-0.2, 0) is 0 Å². The van der Waals surface area contributed by atoms with Crippen molar-refractivity contribution in [3.8, 4) is 0 Å². The molecule has 0 nitrogen and oxygen atoms in total. The Kier molecular flexibility index (Phi) is 75.5. The maximum absolute atomic E-state index is 2.12. The molecule has 0 N–H and O–H groups in total. The number of aryl methyl sites for hydroxylation is 3. The van der Waals surface area contributed by atoms with Crippen molar-refractivity contribution in [2.24, 2.45) is 0 Å². The van der Waals surface area contributed by atoms with Gasteiger partial charge in [-0.2, -0.15) is 0 Å². The first-order chi connectivity index (χ1) is 16.0. The van der Waals surface area contributed by atoms with Crippen LogP contribution in [0.2, 0.25) is 0 Å². The molecule has 0 atom stereocenters. The lowest BCUT2D eigenvalue weighted by Crippen LogP contribution is -1.62. The number of benzene rings is 3. The summed E-state index contributed by atoms with van der Waals surface area (Å²) < 4.78 is 0. The van der Waals surface area contributed by atoms with Gasteiger partial charge >= 0.3 is 0 Å². The van der Waals surface area contributed by atoms with Crippen LogP contribution >= 0.6 is 0 Å². The van der Waals surface area contributed by atoms with Crippen molar-refractivity contribution in [2.45, 2.75) is 118 Å². The van der Waals surface area contributed by atoms with E-state index >= 15 is 0 Å². The first kappa shape index (κ1) is 49.7. The van der Waals surface area contributed by atoms with Crippen molar-refractivity contribution in [3.05, 3.63) is 108 Å². The average molecular weight is 487 g/mol. The highest BCUT2D eigenvalue weighted by atomic mass is 13.8. The molecule has 206 valence electrons. The van der Waals surface area contributed by atoms with Crippen molar-refractivity contribution in [3.63, 3.8) is 0 Å². The summed E-state index contributed by atoms with van der Waals surface area (Å²) in [6, 6.07) is 30.8. The third kappa shape index (κ3) is 59.4. The molecule has 3 aromatic carbocycles. The molecule has 0 aromatic heterocycles. The zero-order chi connectivity index (χ0) is 26.8. The highest BCUT2D eigenvalue weighted by Gasteiger charge is 1.73. The van der Waals surface area contributed by atoms with E-state index in [-0.39, 0.29) is 14.9 Å². The van der Waals surface area contributed by atoms with E-state index in [9.17, 15) is 0 Å². The Labute approximate surface area is 225 Å². The Morgan fingerprint density at radius 1 is 0.343 bits per heavy atom. The normalized spacial score (nSPS) is 6.77. The molecule has 0 aliphatic carbocycles. The molecule has 0 aliphatic rings. The lowest BCUT2D eigenvalue weighted by Gasteiger charge is -1.82. The largest absolute Gasteiger partial charge is 0.0776 e. The summed E-state index contributed by atoms with van der Waals surface area (Å²) in [5.41, 5.74) is 3.97. The first-order valence-electron chi connectivity index (χ1n) is 13.1. The van der Waals surface area contributed by atoms with Crippen LogP contribution in [0.5, 0.6) is 0 Å². The fourth-order valence-electron chi connectivity index (χ4n) is 1.60.